The Balaban J connectivity index is 1.48. The molecule has 2 rings (SSSR count). The largest absolute Gasteiger partial charge is 0.261 e. The molecule has 0 N–H and O–H groups in total. The van der Waals surface area contributed by atoms with Crippen LogP contribution in [-0.2, 0) is 12.8 Å². The van der Waals surface area contributed by atoms with Gasteiger partial charge in [-0.05, 0) is 36.5 Å². The fourth-order valence-electron chi connectivity index (χ4n) is 4.16. The van der Waals surface area contributed by atoms with Gasteiger partial charge < -0.3 is 0 Å². The van der Waals surface area contributed by atoms with Gasteiger partial charge in [-0.25, -0.2) is 0 Å². The molecule has 160 valence electrons. The summed E-state index contributed by atoms with van der Waals surface area (Å²) in [6.45, 7) is 2.29. The molecule has 1 heteroatoms. The molecule has 29 heavy (non-hydrogen) atoms. The molecule has 2 aromatic rings. The number of aryl methyl sites for hydroxylation is 1. The summed E-state index contributed by atoms with van der Waals surface area (Å²) in [5, 5.41) is 0. The lowest BCUT2D eigenvalue weighted by Crippen LogP contribution is -1.99. The number of aromatic nitrogens is 1. The first-order valence-corrected chi connectivity index (χ1v) is 12.4. The van der Waals surface area contributed by atoms with Crippen molar-refractivity contribution < 1.29 is 0 Å². The zero-order chi connectivity index (χ0) is 20.4. The third-order valence-electron chi connectivity index (χ3n) is 5.99. The molecule has 1 heterocycles. The van der Waals surface area contributed by atoms with Gasteiger partial charge in [0.25, 0.3) is 0 Å². The van der Waals surface area contributed by atoms with Crippen LogP contribution in [0.1, 0.15) is 114 Å². The van der Waals surface area contributed by atoms with Gasteiger partial charge in [-0.1, -0.05) is 127 Å². The molecule has 1 nitrogen and oxygen atoms in total. The molecule has 1 aromatic heterocycles. The Kier molecular flexibility index (Phi) is 13.2. The molecular weight excluding hydrogens is 350 g/mol. The van der Waals surface area contributed by atoms with Gasteiger partial charge in [0.15, 0.2) is 0 Å². The second kappa shape index (κ2) is 16.2. The Hall–Kier alpha value is -1.63. The predicted molar refractivity (Wildman–Crippen MR) is 128 cm³/mol. The van der Waals surface area contributed by atoms with Crippen LogP contribution < -0.4 is 0 Å². The summed E-state index contributed by atoms with van der Waals surface area (Å²) in [5.41, 5.74) is 4.08. The highest BCUT2D eigenvalue weighted by molar-refractivity contribution is 5.28. The van der Waals surface area contributed by atoms with Crippen LogP contribution in [0.2, 0.25) is 0 Å². The fraction of sp³-hybridized carbons (Fsp3) is 0.607. The maximum atomic E-state index is 4.67. The van der Waals surface area contributed by atoms with Gasteiger partial charge in [0.1, 0.15) is 0 Å². The molecule has 0 atom stereocenters. The Morgan fingerprint density at radius 2 is 1.14 bits per heavy atom. The van der Waals surface area contributed by atoms with Gasteiger partial charge in [-0.15, -0.1) is 0 Å². The van der Waals surface area contributed by atoms with Crippen molar-refractivity contribution in [1.29, 1.82) is 0 Å². The number of pyridine rings is 1. The number of unbranched alkanes of at least 4 members (excludes halogenated alkanes) is 13. The highest BCUT2D eigenvalue weighted by Gasteiger charge is 2.04. The van der Waals surface area contributed by atoms with Crippen molar-refractivity contribution in [1.82, 2.24) is 4.98 Å². The van der Waals surface area contributed by atoms with E-state index in [9.17, 15) is 0 Å². The predicted octanol–water partition coefficient (Wildman–Crippen LogP) is 8.70. The van der Waals surface area contributed by atoms with Gasteiger partial charge in [0, 0.05) is 11.9 Å². The van der Waals surface area contributed by atoms with E-state index in [0.717, 1.165) is 12.8 Å². The standard InChI is InChI=1S/C28H43N/c1-2-3-4-5-6-7-8-9-10-11-12-13-14-18-23-28-27(22-19-24-29-28)25-26-20-16-15-17-21-26/h15-17,19-22,24H,2-14,18,23,25H2,1H3. The number of hydrogen-bond donors (Lipinski definition) is 0. The highest BCUT2D eigenvalue weighted by Crippen LogP contribution is 2.16. The Morgan fingerprint density at radius 3 is 1.72 bits per heavy atom. The van der Waals surface area contributed by atoms with Crippen molar-refractivity contribution in [3.05, 3.63) is 65.5 Å². The molecule has 0 radical (unpaired) electrons. The van der Waals surface area contributed by atoms with Crippen molar-refractivity contribution in [2.75, 3.05) is 0 Å². The van der Waals surface area contributed by atoms with Gasteiger partial charge in [-0.2, -0.15) is 0 Å². The van der Waals surface area contributed by atoms with Crippen LogP contribution in [0, 0.1) is 0 Å². The number of nitrogens with zero attached hydrogens (tertiary/aromatic N) is 1. The second-order valence-electron chi connectivity index (χ2n) is 8.62. The molecule has 1 aromatic carbocycles. The van der Waals surface area contributed by atoms with Gasteiger partial charge in [0.2, 0.25) is 0 Å². The SMILES string of the molecule is CCCCCCCCCCCCCCCCc1ncccc1Cc1ccccc1. The van der Waals surface area contributed by atoms with E-state index in [1.54, 1.807) is 0 Å². The topological polar surface area (TPSA) is 12.9 Å². The molecule has 0 bridgehead atoms. The van der Waals surface area contributed by atoms with Crippen LogP contribution in [0.5, 0.6) is 0 Å². The average Bonchev–Trinajstić information content (AvgIpc) is 2.76. The van der Waals surface area contributed by atoms with Crippen LogP contribution in [0.4, 0.5) is 0 Å². The van der Waals surface area contributed by atoms with Gasteiger partial charge in [0.05, 0.1) is 0 Å². The summed E-state index contributed by atoms with van der Waals surface area (Å²) in [5.74, 6) is 0. The summed E-state index contributed by atoms with van der Waals surface area (Å²) in [6, 6.07) is 15.1. The number of hydrogen-bond acceptors (Lipinski definition) is 1. The van der Waals surface area contributed by atoms with Crippen LogP contribution in [0.25, 0.3) is 0 Å². The lowest BCUT2D eigenvalue weighted by Gasteiger charge is -2.09. The first-order chi connectivity index (χ1) is 14.4. The molecule has 0 unspecified atom stereocenters. The zero-order valence-electron chi connectivity index (χ0n) is 18.9. The quantitative estimate of drug-likeness (QED) is 0.245. The molecule has 0 saturated carbocycles. The molecule has 0 aliphatic heterocycles. The van der Waals surface area contributed by atoms with Crippen molar-refractivity contribution in [2.45, 2.75) is 110 Å². The second-order valence-corrected chi connectivity index (χ2v) is 8.62. The van der Waals surface area contributed by atoms with E-state index in [1.165, 1.54) is 107 Å². The summed E-state index contributed by atoms with van der Waals surface area (Å²) < 4.78 is 0. The monoisotopic (exact) mass is 393 g/mol. The smallest absolute Gasteiger partial charge is 0.0438 e. The Morgan fingerprint density at radius 1 is 0.586 bits per heavy atom. The summed E-state index contributed by atoms with van der Waals surface area (Å²) in [6.07, 6.45) is 23.9. The first kappa shape index (κ1) is 23.6. The van der Waals surface area contributed by atoms with E-state index >= 15 is 0 Å². The molecular formula is C28H43N. The normalized spacial score (nSPS) is 11.1. The summed E-state index contributed by atoms with van der Waals surface area (Å²) >= 11 is 0. The minimum Gasteiger partial charge on any atom is -0.261 e. The third-order valence-corrected chi connectivity index (χ3v) is 5.99. The van der Waals surface area contributed by atoms with E-state index in [1.807, 2.05) is 6.20 Å². The minimum atomic E-state index is 1.00. The van der Waals surface area contributed by atoms with Crippen molar-refractivity contribution in [2.24, 2.45) is 0 Å². The maximum Gasteiger partial charge on any atom is 0.0438 e. The van der Waals surface area contributed by atoms with Crippen LogP contribution in [0.3, 0.4) is 0 Å². The number of rotatable bonds is 17. The van der Waals surface area contributed by atoms with E-state index in [-0.39, 0.29) is 0 Å². The molecule has 0 amide bonds. The Bertz CT molecular complexity index is 619. The summed E-state index contributed by atoms with van der Waals surface area (Å²) in [7, 11) is 0. The average molecular weight is 394 g/mol. The van der Waals surface area contributed by atoms with Crippen LogP contribution in [-0.4, -0.2) is 4.98 Å². The third kappa shape index (κ3) is 11.2. The Labute approximate surface area is 180 Å². The molecule has 0 spiro atoms. The molecule has 0 aliphatic rings. The van der Waals surface area contributed by atoms with Gasteiger partial charge >= 0.3 is 0 Å². The molecule has 0 fully saturated rings. The molecule has 0 aliphatic carbocycles. The van der Waals surface area contributed by atoms with Gasteiger partial charge in [-0.3, -0.25) is 4.98 Å². The highest BCUT2D eigenvalue weighted by atomic mass is 14.7. The fourth-order valence-corrected chi connectivity index (χ4v) is 4.16. The molecule has 0 saturated heterocycles. The van der Waals surface area contributed by atoms with Crippen LogP contribution in [0.15, 0.2) is 48.7 Å². The van der Waals surface area contributed by atoms with Crippen molar-refractivity contribution in [3.63, 3.8) is 0 Å². The lowest BCUT2D eigenvalue weighted by atomic mass is 10.00. The van der Waals surface area contributed by atoms with Crippen molar-refractivity contribution >= 4 is 0 Å². The van der Waals surface area contributed by atoms with Crippen molar-refractivity contribution in [3.8, 4) is 0 Å². The number of benzene rings is 1. The zero-order valence-corrected chi connectivity index (χ0v) is 18.9. The van der Waals surface area contributed by atoms with E-state index in [0.29, 0.717) is 0 Å². The summed E-state index contributed by atoms with van der Waals surface area (Å²) in [4.78, 5) is 4.67. The van der Waals surface area contributed by atoms with E-state index < -0.39 is 0 Å². The van der Waals surface area contributed by atoms with E-state index in [2.05, 4.69) is 54.4 Å². The first-order valence-electron chi connectivity index (χ1n) is 12.4. The van der Waals surface area contributed by atoms with E-state index in [4.69, 9.17) is 0 Å². The lowest BCUT2D eigenvalue weighted by molar-refractivity contribution is 0.535. The maximum absolute atomic E-state index is 4.67. The minimum absolute atomic E-state index is 1.00. The van der Waals surface area contributed by atoms with Crippen LogP contribution >= 0.6 is 0 Å².